The summed E-state index contributed by atoms with van der Waals surface area (Å²) in [6.07, 6.45) is 4.32. The molecule has 1 aromatic heterocycles. The van der Waals surface area contributed by atoms with Gasteiger partial charge in [0.15, 0.2) is 0 Å². The van der Waals surface area contributed by atoms with Crippen molar-refractivity contribution in [3.8, 4) is 0 Å². The number of rotatable bonds is 5. The fraction of sp³-hybridized carbons (Fsp3) is 0.588. The number of carbonyl (C=O) groups is 2. The zero-order valence-electron chi connectivity index (χ0n) is 13.9. The van der Waals surface area contributed by atoms with E-state index in [2.05, 4.69) is 10.3 Å². The molecule has 2 amide bonds. The molecule has 1 fully saturated rings. The van der Waals surface area contributed by atoms with Gasteiger partial charge in [0.2, 0.25) is 11.8 Å². The first kappa shape index (κ1) is 17.4. The van der Waals surface area contributed by atoms with Gasteiger partial charge in [-0.3, -0.25) is 9.59 Å². The van der Waals surface area contributed by atoms with Gasteiger partial charge in [-0.25, -0.2) is 4.98 Å². The Morgan fingerprint density at radius 1 is 1.39 bits per heavy atom. The zero-order valence-corrected chi connectivity index (χ0v) is 13.9. The molecule has 2 rings (SSSR count). The molecule has 1 atom stereocenters. The van der Waals surface area contributed by atoms with E-state index >= 15 is 0 Å². The van der Waals surface area contributed by atoms with Crippen LogP contribution < -0.4 is 11.1 Å². The van der Waals surface area contributed by atoms with Gasteiger partial charge < -0.3 is 16.0 Å². The number of hydrogen-bond donors (Lipinski definition) is 2. The average Bonchev–Trinajstić information content (AvgIpc) is 2.55. The molecule has 1 saturated heterocycles. The number of nitrogens with one attached hydrogen (secondary N) is 1. The molecule has 1 unspecified atom stereocenters. The minimum atomic E-state index is -0.0596. The van der Waals surface area contributed by atoms with Crippen LogP contribution in [-0.4, -0.2) is 40.8 Å². The summed E-state index contributed by atoms with van der Waals surface area (Å²) < 4.78 is 0. The van der Waals surface area contributed by atoms with E-state index in [9.17, 15) is 9.59 Å². The smallest absolute Gasteiger partial charge is 0.228 e. The minimum absolute atomic E-state index is 0.0102. The lowest BCUT2D eigenvalue weighted by Crippen LogP contribution is -2.41. The van der Waals surface area contributed by atoms with Crippen LogP contribution in [-0.2, 0) is 9.59 Å². The van der Waals surface area contributed by atoms with Crippen molar-refractivity contribution < 1.29 is 9.59 Å². The molecule has 0 bridgehead atoms. The van der Waals surface area contributed by atoms with Crippen molar-refractivity contribution in [1.82, 2.24) is 9.88 Å². The highest BCUT2D eigenvalue weighted by Gasteiger charge is 2.27. The second-order valence-electron chi connectivity index (χ2n) is 6.38. The summed E-state index contributed by atoms with van der Waals surface area (Å²) in [6, 6.07) is 3.77. The van der Waals surface area contributed by atoms with Crippen molar-refractivity contribution in [3.63, 3.8) is 0 Å². The van der Waals surface area contributed by atoms with Gasteiger partial charge in [0.05, 0.1) is 0 Å². The molecule has 126 valence electrons. The summed E-state index contributed by atoms with van der Waals surface area (Å²) >= 11 is 0. The Labute approximate surface area is 137 Å². The van der Waals surface area contributed by atoms with Gasteiger partial charge in [0.25, 0.3) is 0 Å². The molecule has 23 heavy (non-hydrogen) atoms. The number of pyridine rings is 1. The number of aromatic nitrogens is 1. The van der Waals surface area contributed by atoms with E-state index in [1.165, 1.54) is 0 Å². The highest BCUT2D eigenvalue weighted by molar-refractivity contribution is 5.91. The number of aryl methyl sites for hydroxylation is 1. The van der Waals surface area contributed by atoms with E-state index in [1.807, 2.05) is 24.8 Å². The van der Waals surface area contributed by atoms with Crippen molar-refractivity contribution in [2.45, 2.75) is 45.6 Å². The van der Waals surface area contributed by atoms with E-state index in [4.69, 9.17) is 5.73 Å². The predicted octanol–water partition coefficient (Wildman–Crippen LogP) is 1.69. The fourth-order valence-electron chi connectivity index (χ4n) is 2.67. The minimum Gasteiger partial charge on any atom is -0.343 e. The first-order chi connectivity index (χ1) is 11.0. The molecule has 0 radical (unpaired) electrons. The van der Waals surface area contributed by atoms with Crippen LogP contribution >= 0.6 is 0 Å². The van der Waals surface area contributed by atoms with E-state index in [0.717, 1.165) is 5.56 Å². The Bertz CT molecular complexity index is 534. The molecule has 0 aromatic carbocycles. The molecule has 1 aromatic rings. The summed E-state index contributed by atoms with van der Waals surface area (Å²) in [4.78, 5) is 30.4. The second-order valence-corrected chi connectivity index (χ2v) is 6.38. The molecule has 6 heteroatoms. The Hall–Kier alpha value is -1.95. The monoisotopic (exact) mass is 318 g/mol. The number of carbonyl (C=O) groups excluding carboxylic acids is 2. The standard InChI is InChI=1S/C17H26N4O2/c1-12-3-5-15(19-11-12)20-17(23)14-7-9-21(10-8-14)16(22)6-4-13(2)18/h3,5,11,13-14H,4,6-10,18H2,1-2H3,(H,19,20,23). The van der Waals surface area contributed by atoms with E-state index < -0.39 is 0 Å². The van der Waals surface area contributed by atoms with Crippen molar-refractivity contribution in [3.05, 3.63) is 23.9 Å². The molecule has 1 aliphatic rings. The van der Waals surface area contributed by atoms with Gasteiger partial charge in [-0.15, -0.1) is 0 Å². The molecule has 3 N–H and O–H groups in total. The Kier molecular flexibility index (Phi) is 6.10. The number of likely N-dealkylation sites (tertiary alicyclic amines) is 1. The number of amides is 2. The molecule has 0 saturated carbocycles. The van der Waals surface area contributed by atoms with Crippen molar-refractivity contribution in [2.24, 2.45) is 11.7 Å². The van der Waals surface area contributed by atoms with Crippen LogP contribution in [0.5, 0.6) is 0 Å². The third kappa shape index (κ3) is 5.32. The highest BCUT2D eigenvalue weighted by atomic mass is 16.2. The molecule has 1 aliphatic heterocycles. The van der Waals surface area contributed by atoms with Crippen molar-refractivity contribution in [1.29, 1.82) is 0 Å². The zero-order chi connectivity index (χ0) is 16.8. The predicted molar refractivity (Wildman–Crippen MR) is 89.8 cm³/mol. The van der Waals surface area contributed by atoms with Crippen LogP contribution in [0.15, 0.2) is 18.3 Å². The van der Waals surface area contributed by atoms with Gasteiger partial charge in [-0.1, -0.05) is 6.07 Å². The Morgan fingerprint density at radius 2 is 2.09 bits per heavy atom. The van der Waals surface area contributed by atoms with Crippen LogP contribution in [0.1, 0.15) is 38.2 Å². The van der Waals surface area contributed by atoms with Crippen molar-refractivity contribution in [2.75, 3.05) is 18.4 Å². The summed E-state index contributed by atoms with van der Waals surface area (Å²) in [6.45, 7) is 5.13. The number of anilines is 1. The van der Waals surface area contributed by atoms with Gasteiger partial charge in [-0.05, 0) is 44.7 Å². The van der Waals surface area contributed by atoms with Crippen molar-refractivity contribution >= 4 is 17.6 Å². The third-order valence-corrected chi connectivity index (χ3v) is 4.19. The van der Waals surface area contributed by atoms with E-state index in [0.29, 0.717) is 44.6 Å². The number of nitrogens with two attached hydrogens (primary N) is 1. The van der Waals surface area contributed by atoms with Crippen LogP contribution in [0.3, 0.4) is 0 Å². The summed E-state index contributed by atoms with van der Waals surface area (Å²) in [7, 11) is 0. The Morgan fingerprint density at radius 3 is 2.65 bits per heavy atom. The molecule has 2 heterocycles. The first-order valence-electron chi connectivity index (χ1n) is 8.22. The van der Waals surface area contributed by atoms with Gasteiger partial charge in [0.1, 0.15) is 5.82 Å². The maximum Gasteiger partial charge on any atom is 0.228 e. The third-order valence-electron chi connectivity index (χ3n) is 4.19. The number of nitrogens with zero attached hydrogens (tertiary/aromatic N) is 2. The van der Waals surface area contributed by atoms with Crippen LogP contribution in [0.25, 0.3) is 0 Å². The van der Waals surface area contributed by atoms with Gasteiger partial charge in [-0.2, -0.15) is 0 Å². The lowest BCUT2D eigenvalue weighted by atomic mass is 9.95. The summed E-state index contributed by atoms with van der Waals surface area (Å²) in [5.74, 6) is 0.650. The molecular weight excluding hydrogens is 292 g/mol. The first-order valence-corrected chi connectivity index (χ1v) is 8.22. The maximum absolute atomic E-state index is 12.3. The molecule has 0 aliphatic carbocycles. The Balaban J connectivity index is 1.78. The van der Waals surface area contributed by atoms with Crippen LogP contribution in [0.4, 0.5) is 5.82 Å². The second kappa shape index (κ2) is 8.06. The van der Waals surface area contributed by atoms with E-state index in [1.54, 1.807) is 12.3 Å². The SMILES string of the molecule is Cc1ccc(NC(=O)C2CCN(C(=O)CCC(C)N)CC2)nc1. The molecular formula is C17H26N4O2. The largest absolute Gasteiger partial charge is 0.343 e. The van der Waals surface area contributed by atoms with Crippen LogP contribution in [0.2, 0.25) is 0 Å². The van der Waals surface area contributed by atoms with Crippen LogP contribution in [0, 0.1) is 12.8 Å². The van der Waals surface area contributed by atoms with Gasteiger partial charge >= 0.3 is 0 Å². The molecule has 6 nitrogen and oxygen atoms in total. The number of piperidine rings is 1. The quantitative estimate of drug-likeness (QED) is 0.865. The van der Waals surface area contributed by atoms with E-state index in [-0.39, 0.29) is 23.8 Å². The summed E-state index contributed by atoms with van der Waals surface area (Å²) in [5, 5.41) is 2.85. The number of hydrogen-bond acceptors (Lipinski definition) is 4. The fourth-order valence-corrected chi connectivity index (χ4v) is 2.67. The summed E-state index contributed by atoms with van der Waals surface area (Å²) in [5.41, 5.74) is 6.74. The maximum atomic E-state index is 12.3. The molecule has 0 spiro atoms. The average molecular weight is 318 g/mol. The normalized spacial score (nSPS) is 16.9. The van der Waals surface area contributed by atoms with Gasteiger partial charge in [0, 0.05) is 37.7 Å². The highest BCUT2D eigenvalue weighted by Crippen LogP contribution is 2.20. The topological polar surface area (TPSA) is 88.3 Å². The lowest BCUT2D eigenvalue weighted by Gasteiger charge is -2.31. The lowest BCUT2D eigenvalue weighted by molar-refractivity contribution is -0.134.